The van der Waals surface area contributed by atoms with Crippen LogP contribution in [0.25, 0.3) is 5.57 Å². The summed E-state index contributed by atoms with van der Waals surface area (Å²) in [5.74, 6) is -0.186. The standard InChI is InChI=1S/C17H18FN/c1-14(16-5-3-2-4-6-16)13-19-12-11-15-7-9-17(18)10-8-15/h2-10,19H,1,11-13H2. The molecule has 0 atom stereocenters. The predicted octanol–water partition coefficient (Wildman–Crippen LogP) is 3.67. The smallest absolute Gasteiger partial charge is 0.123 e. The number of halogens is 1. The van der Waals surface area contributed by atoms with Gasteiger partial charge in [-0.2, -0.15) is 0 Å². The Labute approximate surface area is 113 Å². The van der Waals surface area contributed by atoms with Gasteiger partial charge in [-0.25, -0.2) is 4.39 Å². The van der Waals surface area contributed by atoms with Crippen molar-refractivity contribution in [2.24, 2.45) is 0 Å². The Balaban J connectivity index is 1.72. The summed E-state index contributed by atoms with van der Waals surface area (Å²) in [6.45, 7) is 5.70. The lowest BCUT2D eigenvalue weighted by atomic mass is 10.1. The van der Waals surface area contributed by atoms with Gasteiger partial charge in [0.15, 0.2) is 0 Å². The summed E-state index contributed by atoms with van der Waals surface area (Å²) in [5, 5.41) is 3.35. The average molecular weight is 255 g/mol. The van der Waals surface area contributed by atoms with Crippen molar-refractivity contribution in [3.63, 3.8) is 0 Å². The number of hydrogen-bond acceptors (Lipinski definition) is 1. The summed E-state index contributed by atoms with van der Waals surface area (Å²) in [5.41, 5.74) is 3.38. The quantitative estimate of drug-likeness (QED) is 0.777. The van der Waals surface area contributed by atoms with Gasteiger partial charge >= 0.3 is 0 Å². The molecule has 0 aliphatic carbocycles. The molecule has 0 heterocycles. The molecular weight excluding hydrogens is 237 g/mol. The third-order valence-electron chi connectivity index (χ3n) is 3.02. The maximum Gasteiger partial charge on any atom is 0.123 e. The molecule has 0 amide bonds. The van der Waals surface area contributed by atoms with E-state index in [9.17, 15) is 4.39 Å². The summed E-state index contributed by atoms with van der Waals surface area (Å²) in [7, 11) is 0. The fourth-order valence-electron chi connectivity index (χ4n) is 1.90. The Kier molecular flexibility index (Phi) is 4.87. The molecule has 0 saturated carbocycles. The highest BCUT2D eigenvalue weighted by atomic mass is 19.1. The van der Waals surface area contributed by atoms with Gasteiger partial charge in [0.05, 0.1) is 0 Å². The van der Waals surface area contributed by atoms with Crippen LogP contribution in [0.5, 0.6) is 0 Å². The van der Waals surface area contributed by atoms with E-state index in [0.29, 0.717) is 0 Å². The van der Waals surface area contributed by atoms with Crippen molar-refractivity contribution in [1.82, 2.24) is 5.32 Å². The third-order valence-corrected chi connectivity index (χ3v) is 3.02. The van der Waals surface area contributed by atoms with Crippen molar-refractivity contribution in [2.75, 3.05) is 13.1 Å². The molecule has 2 rings (SSSR count). The Morgan fingerprint density at radius 3 is 2.37 bits per heavy atom. The molecule has 1 N–H and O–H groups in total. The van der Waals surface area contributed by atoms with E-state index in [1.54, 1.807) is 0 Å². The highest BCUT2D eigenvalue weighted by Crippen LogP contribution is 2.10. The normalized spacial score (nSPS) is 10.4. The van der Waals surface area contributed by atoms with Crippen molar-refractivity contribution in [3.8, 4) is 0 Å². The van der Waals surface area contributed by atoms with Crippen LogP contribution in [0.1, 0.15) is 11.1 Å². The third kappa shape index (κ3) is 4.34. The Hall–Kier alpha value is -1.93. The van der Waals surface area contributed by atoms with E-state index in [0.717, 1.165) is 36.2 Å². The van der Waals surface area contributed by atoms with Gasteiger partial charge < -0.3 is 5.32 Å². The molecule has 1 nitrogen and oxygen atoms in total. The lowest BCUT2D eigenvalue weighted by Crippen LogP contribution is -2.19. The van der Waals surface area contributed by atoms with Gasteiger partial charge in [-0.1, -0.05) is 49.0 Å². The zero-order valence-electron chi connectivity index (χ0n) is 10.9. The molecule has 2 heteroatoms. The first kappa shape index (κ1) is 13.5. The van der Waals surface area contributed by atoms with E-state index in [1.807, 2.05) is 30.3 Å². The second-order valence-electron chi connectivity index (χ2n) is 4.52. The highest BCUT2D eigenvalue weighted by molar-refractivity contribution is 5.64. The van der Waals surface area contributed by atoms with Crippen LogP contribution in [-0.2, 0) is 6.42 Å². The molecular formula is C17H18FN. The summed E-state index contributed by atoms with van der Waals surface area (Å²) in [6, 6.07) is 16.8. The fraction of sp³-hybridized carbons (Fsp3) is 0.176. The minimum absolute atomic E-state index is 0.186. The summed E-state index contributed by atoms with van der Waals surface area (Å²) in [4.78, 5) is 0. The number of nitrogens with one attached hydrogen (secondary N) is 1. The number of benzene rings is 2. The molecule has 0 aliphatic rings. The number of rotatable bonds is 6. The average Bonchev–Trinajstić information content (AvgIpc) is 2.46. The second-order valence-corrected chi connectivity index (χ2v) is 4.52. The van der Waals surface area contributed by atoms with E-state index in [2.05, 4.69) is 24.0 Å². The lowest BCUT2D eigenvalue weighted by molar-refractivity contribution is 0.626. The molecule has 98 valence electrons. The first-order valence-corrected chi connectivity index (χ1v) is 6.44. The molecule has 2 aromatic rings. The van der Waals surface area contributed by atoms with Crippen LogP contribution >= 0.6 is 0 Å². The van der Waals surface area contributed by atoms with Gasteiger partial charge in [-0.3, -0.25) is 0 Å². The van der Waals surface area contributed by atoms with E-state index >= 15 is 0 Å². The molecule has 0 unspecified atom stereocenters. The molecule has 0 radical (unpaired) electrons. The van der Waals surface area contributed by atoms with Gasteiger partial charge in [0.2, 0.25) is 0 Å². The molecule has 2 aromatic carbocycles. The van der Waals surface area contributed by atoms with Crippen molar-refractivity contribution < 1.29 is 4.39 Å². The van der Waals surface area contributed by atoms with Crippen LogP contribution in [0.15, 0.2) is 61.2 Å². The van der Waals surface area contributed by atoms with Crippen LogP contribution < -0.4 is 5.32 Å². The Bertz CT molecular complexity index is 517. The van der Waals surface area contributed by atoms with Crippen LogP contribution in [0.4, 0.5) is 4.39 Å². The van der Waals surface area contributed by atoms with E-state index < -0.39 is 0 Å². The first-order chi connectivity index (χ1) is 9.25. The maximum atomic E-state index is 12.7. The predicted molar refractivity (Wildman–Crippen MR) is 78.4 cm³/mol. The van der Waals surface area contributed by atoms with Gasteiger partial charge in [-0.05, 0) is 41.8 Å². The topological polar surface area (TPSA) is 12.0 Å². The minimum Gasteiger partial charge on any atom is -0.312 e. The summed E-state index contributed by atoms with van der Waals surface area (Å²) >= 11 is 0. The number of hydrogen-bond donors (Lipinski definition) is 1. The molecule has 0 spiro atoms. The zero-order chi connectivity index (χ0) is 13.5. The van der Waals surface area contributed by atoms with Gasteiger partial charge in [-0.15, -0.1) is 0 Å². The molecule has 0 fully saturated rings. The molecule has 0 aliphatic heterocycles. The molecule has 0 aromatic heterocycles. The molecule has 19 heavy (non-hydrogen) atoms. The molecule has 0 saturated heterocycles. The van der Waals surface area contributed by atoms with Crippen LogP contribution in [0, 0.1) is 5.82 Å². The Morgan fingerprint density at radius 2 is 1.68 bits per heavy atom. The van der Waals surface area contributed by atoms with Gasteiger partial charge in [0.25, 0.3) is 0 Å². The van der Waals surface area contributed by atoms with Crippen molar-refractivity contribution in [1.29, 1.82) is 0 Å². The SMILES string of the molecule is C=C(CNCCc1ccc(F)cc1)c1ccccc1. The summed E-state index contributed by atoms with van der Waals surface area (Å²) in [6.07, 6.45) is 0.891. The zero-order valence-corrected chi connectivity index (χ0v) is 10.9. The maximum absolute atomic E-state index is 12.7. The first-order valence-electron chi connectivity index (χ1n) is 6.44. The van der Waals surface area contributed by atoms with E-state index in [4.69, 9.17) is 0 Å². The van der Waals surface area contributed by atoms with Gasteiger partial charge in [0, 0.05) is 6.54 Å². The molecule has 0 bridgehead atoms. The van der Waals surface area contributed by atoms with E-state index in [-0.39, 0.29) is 5.82 Å². The minimum atomic E-state index is -0.186. The second kappa shape index (κ2) is 6.86. The van der Waals surface area contributed by atoms with Crippen LogP contribution in [-0.4, -0.2) is 13.1 Å². The Morgan fingerprint density at radius 1 is 1.00 bits per heavy atom. The van der Waals surface area contributed by atoms with Crippen LogP contribution in [0.2, 0.25) is 0 Å². The monoisotopic (exact) mass is 255 g/mol. The van der Waals surface area contributed by atoms with Crippen molar-refractivity contribution in [3.05, 3.63) is 78.1 Å². The lowest BCUT2D eigenvalue weighted by Gasteiger charge is -2.08. The fourth-order valence-corrected chi connectivity index (χ4v) is 1.90. The van der Waals surface area contributed by atoms with Gasteiger partial charge in [0.1, 0.15) is 5.82 Å². The van der Waals surface area contributed by atoms with E-state index in [1.165, 1.54) is 12.1 Å². The van der Waals surface area contributed by atoms with Crippen LogP contribution in [0.3, 0.4) is 0 Å². The highest BCUT2D eigenvalue weighted by Gasteiger charge is 1.98. The largest absolute Gasteiger partial charge is 0.312 e. The van der Waals surface area contributed by atoms with Crippen molar-refractivity contribution >= 4 is 5.57 Å². The summed E-state index contributed by atoms with van der Waals surface area (Å²) < 4.78 is 12.7. The van der Waals surface area contributed by atoms with Crippen molar-refractivity contribution in [2.45, 2.75) is 6.42 Å².